The van der Waals surface area contributed by atoms with E-state index >= 15 is 0 Å². The lowest BCUT2D eigenvalue weighted by Crippen LogP contribution is -2.07. The Morgan fingerprint density at radius 3 is 2.70 bits per heavy atom. The van der Waals surface area contributed by atoms with Gasteiger partial charge in [0.25, 0.3) is 0 Å². The van der Waals surface area contributed by atoms with Gasteiger partial charge in [0, 0.05) is 10.8 Å². The Balaban J connectivity index is 2.01. The first-order chi connectivity index (χ1) is 9.47. The highest BCUT2D eigenvalue weighted by Crippen LogP contribution is 2.88. The number of hydrogen-bond acceptors (Lipinski definition) is 3. The lowest BCUT2D eigenvalue weighted by atomic mass is 10.1. The van der Waals surface area contributed by atoms with Crippen molar-refractivity contribution >= 4 is 5.52 Å². The van der Waals surface area contributed by atoms with E-state index in [1.165, 1.54) is 10.7 Å². The maximum absolute atomic E-state index is 14.2. The fraction of sp³-hybridized carbons (Fsp3) is 0.462. The zero-order chi connectivity index (χ0) is 14.3. The molecule has 0 atom stereocenters. The molecule has 4 nitrogen and oxygen atoms in total. The third-order valence-corrected chi connectivity index (χ3v) is 4.66. The van der Waals surface area contributed by atoms with Gasteiger partial charge >= 0.3 is 0 Å². The van der Waals surface area contributed by atoms with Gasteiger partial charge in [0.05, 0.1) is 11.9 Å². The van der Waals surface area contributed by atoms with E-state index in [0.717, 1.165) is 0 Å². The Kier molecular flexibility index (Phi) is 1.84. The first-order valence-corrected chi connectivity index (χ1v) is 6.19. The minimum atomic E-state index is -2.45. The van der Waals surface area contributed by atoms with Gasteiger partial charge in [0.2, 0.25) is 6.43 Å². The summed E-state index contributed by atoms with van der Waals surface area (Å²) in [6, 6.07) is 1.79. The zero-order valence-electron chi connectivity index (χ0n) is 10.5. The normalized spacial score (nSPS) is 30.4. The molecule has 0 N–H and O–H groups in total. The molecule has 2 aromatic heterocycles. The summed E-state index contributed by atoms with van der Waals surface area (Å²) in [5, 5.41) is 13.3. The molecular weight excluding hydrogens is 269 g/mol. The lowest BCUT2D eigenvalue weighted by Gasteiger charge is -2.04. The van der Waals surface area contributed by atoms with Crippen LogP contribution in [0.5, 0.6) is 0 Å². The minimum Gasteiger partial charge on any atom is -0.237 e. The molecule has 0 spiro atoms. The summed E-state index contributed by atoms with van der Waals surface area (Å²) in [6.45, 7) is 1.63. The molecule has 20 heavy (non-hydrogen) atoms. The molecule has 0 saturated heterocycles. The van der Waals surface area contributed by atoms with Gasteiger partial charge < -0.3 is 0 Å². The smallest absolute Gasteiger partial charge is 0.237 e. The van der Waals surface area contributed by atoms with Crippen LogP contribution in [0, 0.1) is 29.5 Å². The van der Waals surface area contributed by atoms with Crippen LogP contribution in [0.4, 0.5) is 13.2 Å². The molecule has 102 valence electrons. The minimum absolute atomic E-state index is 0.0680. The second-order valence-electron chi connectivity index (χ2n) is 5.64. The van der Waals surface area contributed by atoms with Crippen LogP contribution in [-0.4, -0.2) is 21.0 Å². The molecule has 0 amide bonds. The van der Waals surface area contributed by atoms with Crippen LogP contribution in [0.25, 0.3) is 5.52 Å². The average molecular weight is 278 g/mol. The van der Waals surface area contributed by atoms with Crippen molar-refractivity contribution in [1.29, 1.82) is 5.26 Å². The molecule has 2 aromatic rings. The summed E-state index contributed by atoms with van der Waals surface area (Å²) in [5.74, 6) is -0.322. The highest BCUT2D eigenvalue weighted by Gasteiger charge is 2.89. The number of nitriles is 1. The molecule has 0 aliphatic heterocycles. The highest BCUT2D eigenvalue weighted by molar-refractivity contribution is 5.64. The molecule has 2 aliphatic rings. The number of halogens is 3. The first kappa shape index (κ1) is 11.7. The number of rotatable bonds is 2. The number of hydrogen-bond donors (Lipinski definition) is 0. The molecular formula is C13H9F3N4. The van der Waals surface area contributed by atoms with E-state index in [-0.39, 0.29) is 11.1 Å². The summed E-state index contributed by atoms with van der Waals surface area (Å²) >= 11 is 0. The van der Waals surface area contributed by atoms with Crippen molar-refractivity contribution in [3.05, 3.63) is 29.1 Å². The van der Waals surface area contributed by atoms with Crippen LogP contribution >= 0.6 is 0 Å². The SMILES string of the molecule is Cc1ncc2c(F)c(C#N)c(C34CC3(C(F)F)C4)n2n1. The molecule has 0 aromatic carbocycles. The lowest BCUT2D eigenvalue weighted by molar-refractivity contribution is 0.0927. The number of aryl methyl sites for hydroxylation is 1. The van der Waals surface area contributed by atoms with Crippen LogP contribution in [0.1, 0.15) is 29.9 Å². The molecule has 7 heteroatoms. The van der Waals surface area contributed by atoms with Crippen molar-refractivity contribution in [3.63, 3.8) is 0 Å². The van der Waals surface area contributed by atoms with Gasteiger partial charge in [-0.25, -0.2) is 22.7 Å². The van der Waals surface area contributed by atoms with E-state index in [2.05, 4.69) is 10.1 Å². The fourth-order valence-corrected chi connectivity index (χ4v) is 3.34. The van der Waals surface area contributed by atoms with Gasteiger partial charge in [-0.15, -0.1) is 0 Å². The van der Waals surface area contributed by atoms with Crippen molar-refractivity contribution in [2.75, 3.05) is 0 Å². The Morgan fingerprint density at radius 2 is 2.15 bits per heavy atom. The van der Waals surface area contributed by atoms with Crippen molar-refractivity contribution in [3.8, 4) is 6.07 Å². The summed E-state index contributed by atoms with van der Waals surface area (Å²) in [7, 11) is 0. The zero-order valence-corrected chi connectivity index (χ0v) is 10.5. The number of fused-ring (bicyclic) bond motifs is 2. The second kappa shape index (κ2) is 3.14. The Labute approximate surface area is 111 Å². The van der Waals surface area contributed by atoms with Gasteiger partial charge in [0.1, 0.15) is 23.0 Å². The van der Waals surface area contributed by atoms with E-state index in [0.29, 0.717) is 24.4 Å². The predicted molar refractivity (Wildman–Crippen MR) is 61.7 cm³/mol. The van der Waals surface area contributed by atoms with Crippen molar-refractivity contribution in [2.45, 2.75) is 31.6 Å². The predicted octanol–water partition coefficient (Wildman–Crippen LogP) is 2.35. The maximum Gasteiger partial charge on any atom is 0.245 e. The van der Waals surface area contributed by atoms with Crippen molar-refractivity contribution in [1.82, 2.24) is 14.6 Å². The van der Waals surface area contributed by atoms with E-state index in [1.54, 1.807) is 13.0 Å². The van der Waals surface area contributed by atoms with E-state index < -0.39 is 23.1 Å². The Hall–Kier alpha value is -2.10. The van der Waals surface area contributed by atoms with Crippen LogP contribution in [0.3, 0.4) is 0 Å². The Bertz CT molecular complexity index is 796. The van der Waals surface area contributed by atoms with E-state index in [4.69, 9.17) is 5.26 Å². The van der Waals surface area contributed by atoms with Gasteiger partial charge in [0.15, 0.2) is 5.82 Å². The summed E-state index contributed by atoms with van der Waals surface area (Å²) in [6.07, 6.45) is -0.583. The quantitative estimate of drug-likeness (QED) is 0.847. The molecule has 2 aliphatic carbocycles. The van der Waals surface area contributed by atoms with Crippen LogP contribution < -0.4 is 0 Å². The average Bonchev–Trinajstić information content (AvgIpc) is 3.18. The van der Waals surface area contributed by atoms with Crippen molar-refractivity contribution < 1.29 is 13.2 Å². The third-order valence-electron chi connectivity index (χ3n) is 4.66. The van der Waals surface area contributed by atoms with Gasteiger partial charge in [-0.2, -0.15) is 10.4 Å². The molecule has 2 saturated carbocycles. The topological polar surface area (TPSA) is 54.0 Å². The van der Waals surface area contributed by atoms with E-state index in [9.17, 15) is 13.2 Å². The standard InChI is InChI=1S/C13H9F3N4/c1-6-18-3-8-9(14)7(2-17)10(20(8)19-6)12-4-13(12,5-12)11(15)16/h3,11H,4-5H2,1H3. The van der Waals surface area contributed by atoms with Crippen LogP contribution in [0.15, 0.2) is 6.20 Å². The molecule has 2 heterocycles. The third kappa shape index (κ3) is 1.05. The van der Waals surface area contributed by atoms with Crippen molar-refractivity contribution in [2.24, 2.45) is 5.41 Å². The summed E-state index contributed by atoms with van der Waals surface area (Å²) < 4.78 is 41.7. The van der Waals surface area contributed by atoms with Crippen LogP contribution in [-0.2, 0) is 5.41 Å². The molecule has 0 unspecified atom stereocenters. The van der Waals surface area contributed by atoms with Crippen LogP contribution in [0.2, 0.25) is 0 Å². The molecule has 0 bridgehead atoms. The molecule has 2 fully saturated rings. The summed E-state index contributed by atoms with van der Waals surface area (Å²) in [5.41, 5.74) is -1.67. The van der Waals surface area contributed by atoms with Gasteiger partial charge in [-0.05, 0) is 19.8 Å². The fourth-order valence-electron chi connectivity index (χ4n) is 3.34. The number of aromatic nitrogens is 3. The Morgan fingerprint density at radius 1 is 1.45 bits per heavy atom. The molecule has 4 rings (SSSR count). The first-order valence-electron chi connectivity index (χ1n) is 6.19. The van der Waals surface area contributed by atoms with Gasteiger partial charge in [-0.1, -0.05) is 0 Å². The maximum atomic E-state index is 14.2. The van der Waals surface area contributed by atoms with E-state index in [1.807, 2.05) is 0 Å². The largest absolute Gasteiger partial charge is 0.245 e. The number of nitrogens with zero attached hydrogens (tertiary/aromatic N) is 4. The highest BCUT2D eigenvalue weighted by atomic mass is 19.3. The second-order valence-corrected chi connectivity index (χ2v) is 5.64. The number of alkyl halides is 2. The molecule has 0 radical (unpaired) electrons. The van der Waals surface area contributed by atoms with Gasteiger partial charge in [-0.3, -0.25) is 0 Å². The summed E-state index contributed by atoms with van der Waals surface area (Å²) in [4.78, 5) is 3.90. The monoisotopic (exact) mass is 278 g/mol.